The van der Waals surface area contributed by atoms with Gasteiger partial charge in [0, 0.05) is 18.8 Å². The highest BCUT2D eigenvalue weighted by Gasteiger charge is 2.28. The van der Waals surface area contributed by atoms with Crippen molar-refractivity contribution in [1.82, 2.24) is 9.38 Å². The predicted octanol–water partition coefficient (Wildman–Crippen LogP) is 3.60. The lowest BCUT2D eigenvalue weighted by Crippen LogP contribution is -2.38. The average molecular weight is 312 g/mol. The Balaban J connectivity index is 1.78. The van der Waals surface area contributed by atoms with Gasteiger partial charge < -0.3 is 10.1 Å². The van der Waals surface area contributed by atoms with Crippen LogP contribution in [0.15, 0.2) is 24.4 Å². The van der Waals surface area contributed by atoms with Crippen molar-refractivity contribution in [3.05, 3.63) is 30.1 Å². The molecule has 0 radical (unpaired) electrons. The molecule has 2 unspecified atom stereocenters. The predicted molar refractivity (Wildman–Crippen MR) is 90.4 cm³/mol. The van der Waals surface area contributed by atoms with E-state index in [4.69, 9.17) is 4.74 Å². The molecule has 2 atom stereocenters. The van der Waals surface area contributed by atoms with Crippen LogP contribution in [0.1, 0.15) is 45.2 Å². The first-order chi connectivity index (χ1) is 11.3. The van der Waals surface area contributed by atoms with Crippen LogP contribution in [0.2, 0.25) is 0 Å². The summed E-state index contributed by atoms with van der Waals surface area (Å²) in [6, 6.07) is 8.35. The smallest absolute Gasteiger partial charge is 0.168 e. The molecule has 3 rings (SSSR count). The zero-order chi connectivity index (χ0) is 16.2. The minimum absolute atomic E-state index is 0.304. The van der Waals surface area contributed by atoms with Gasteiger partial charge in [0.1, 0.15) is 11.7 Å². The summed E-state index contributed by atoms with van der Waals surface area (Å²) in [5, 5.41) is 13.0. The van der Waals surface area contributed by atoms with Crippen molar-refractivity contribution in [1.29, 1.82) is 5.26 Å². The van der Waals surface area contributed by atoms with Gasteiger partial charge in [-0.1, -0.05) is 32.8 Å². The van der Waals surface area contributed by atoms with E-state index in [0.29, 0.717) is 29.6 Å². The molecule has 3 heterocycles. The number of anilines is 1. The van der Waals surface area contributed by atoms with Crippen LogP contribution < -0.4 is 5.32 Å². The lowest BCUT2D eigenvalue weighted by Gasteiger charge is -2.34. The Kier molecular flexibility index (Phi) is 4.82. The molecular formula is C18H24N4O. The third-order valence-corrected chi connectivity index (χ3v) is 4.87. The molecule has 1 aliphatic heterocycles. The van der Waals surface area contributed by atoms with Gasteiger partial charge in [-0.25, -0.2) is 4.98 Å². The third kappa shape index (κ3) is 3.18. The van der Waals surface area contributed by atoms with Gasteiger partial charge in [-0.15, -0.1) is 0 Å². The number of rotatable bonds is 5. The fraction of sp³-hybridized carbons (Fsp3) is 0.556. The molecule has 0 amide bonds. The van der Waals surface area contributed by atoms with Crippen molar-refractivity contribution in [2.45, 2.75) is 51.7 Å². The van der Waals surface area contributed by atoms with Crippen molar-refractivity contribution < 1.29 is 4.74 Å². The van der Waals surface area contributed by atoms with Gasteiger partial charge in [-0.05, 0) is 30.9 Å². The molecule has 5 nitrogen and oxygen atoms in total. The van der Waals surface area contributed by atoms with Gasteiger partial charge in [-0.3, -0.25) is 4.40 Å². The summed E-state index contributed by atoms with van der Waals surface area (Å²) in [5.41, 5.74) is 1.38. The van der Waals surface area contributed by atoms with Crippen molar-refractivity contribution >= 4 is 11.5 Å². The molecule has 1 N–H and O–H groups in total. The van der Waals surface area contributed by atoms with Crippen molar-refractivity contribution in [3.8, 4) is 6.07 Å². The first-order valence-electron chi connectivity index (χ1n) is 8.52. The highest BCUT2D eigenvalue weighted by atomic mass is 16.5. The second-order valence-electron chi connectivity index (χ2n) is 6.20. The van der Waals surface area contributed by atoms with Crippen LogP contribution in [0.3, 0.4) is 0 Å². The molecule has 0 spiro atoms. The first-order valence-corrected chi connectivity index (χ1v) is 8.52. The second kappa shape index (κ2) is 7.01. The van der Waals surface area contributed by atoms with Gasteiger partial charge in [0.2, 0.25) is 0 Å². The number of aromatic nitrogens is 2. The molecule has 23 heavy (non-hydrogen) atoms. The highest BCUT2D eigenvalue weighted by molar-refractivity contribution is 5.59. The van der Waals surface area contributed by atoms with Gasteiger partial charge in [0.15, 0.2) is 11.5 Å². The zero-order valence-electron chi connectivity index (χ0n) is 13.8. The largest absolute Gasteiger partial charge is 0.378 e. The maximum Gasteiger partial charge on any atom is 0.168 e. The summed E-state index contributed by atoms with van der Waals surface area (Å²) >= 11 is 0. The molecule has 0 saturated carbocycles. The van der Waals surface area contributed by atoms with Crippen molar-refractivity contribution in [2.75, 3.05) is 11.9 Å². The number of fused-ring (bicyclic) bond motifs is 1. The maximum atomic E-state index is 9.48. The molecule has 2 aromatic rings. The molecule has 0 bridgehead atoms. The van der Waals surface area contributed by atoms with Crippen LogP contribution in [0.4, 0.5) is 5.82 Å². The van der Waals surface area contributed by atoms with E-state index in [9.17, 15) is 5.26 Å². The maximum absolute atomic E-state index is 9.48. The Bertz CT molecular complexity index is 699. The topological polar surface area (TPSA) is 62.4 Å². The number of nitrogens with one attached hydrogen (secondary N) is 1. The SMILES string of the molecule is CCC(CC)C1CC(Nc2nc3ccccn3c2C#N)CCO1. The number of imidazole rings is 1. The number of ether oxygens (including phenoxy) is 1. The molecule has 2 aromatic heterocycles. The minimum Gasteiger partial charge on any atom is -0.378 e. The van der Waals surface area contributed by atoms with E-state index < -0.39 is 0 Å². The minimum atomic E-state index is 0.304. The van der Waals surface area contributed by atoms with Crippen LogP contribution in [0, 0.1) is 17.2 Å². The van der Waals surface area contributed by atoms with E-state index in [1.807, 2.05) is 28.8 Å². The molecule has 122 valence electrons. The monoisotopic (exact) mass is 312 g/mol. The van der Waals surface area contributed by atoms with E-state index in [1.165, 1.54) is 0 Å². The van der Waals surface area contributed by atoms with Crippen LogP contribution in [-0.2, 0) is 4.74 Å². The van der Waals surface area contributed by atoms with Crippen LogP contribution in [0.5, 0.6) is 0 Å². The molecular weight excluding hydrogens is 288 g/mol. The summed E-state index contributed by atoms with van der Waals surface area (Å²) in [7, 11) is 0. The fourth-order valence-electron chi connectivity index (χ4n) is 3.50. The molecule has 0 aliphatic carbocycles. The van der Waals surface area contributed by atoms with E-state index in [-0.39, 0.29) is 0 Å². The highest BCUT2D eigenvalue weighted by Crippen LogP contribution is 2.27. The second-order valence-corrected chi connectivity index (χ2v) is 6.20. The Hall–Kier alpha value is -2.06. The standard InChI is InChI=1S/C18H24N4O/c1-3-13(4-2)16-11-14(8-10-23-16)20-18-15(12-19)22-9-6-5-7-17(22)21-18/h5-7,9,13-14,16,20H,3-4,8,10-11H2,1-2H3. The Labute approximate surface area is 137 Å². The van der Waals surface area contributed by atoms with E-state index in [1.54, 1.807) is 0 Å². The number of nitrogens with zero attached hydrogens (tertiary/aromatic N) is 3. The lowest BCUT2D eigenvalue weighted by atomic mass is 9.89. The van der Waals surface area contributed by atoms with Crippen LogP contribution in [0.25, 0.3) is 5.65 Å². The van der Waals surface area contributed by atoms with Gasteiger partial charge >= 0.3 is 0 Å². The quantitative estimate of drug-likeness (QED) is 0.916. The Morgan fingerprint density at radius 2 is 2.26 bits per heavy atom. The summed E-state index contributed by atoms with van der Waals surface area (Å²) < 4.78 is 7.81. The molecule has 1 saturated heterocycles. The van der Waals surface area contributed by atoms with E-state index >= 15 is 0 Å². The molecule has 0 aromatic carbocycles. The van der Waals surface area contributed by atoms with Crippen LogP contribution >= 0.6 is 0 Å². The molecule has 5 heteroatoms. The van der Waals surface area contributed by atoms with E-state index in [2.05, 4.69) is 30.2 Å². The Morgan fingerprint density at radius 1 is 1.43 bits per heavy atom. The molecule has 1 fully saturated rings. The average Bonchev–Trinajstić information content (AvgIpc) is 2.93. The summed E-state index contributed by atoms with van der Waals surface area (Å²) in [4.78, 5) is 4.58. The lowest BCUT2D eigenvalue weighted by molar-refractivity contribution is -0.0271. The summed E-state index contributed by atoms with van der Waals surface area (Å²) in [5.74, 6) is 1.30. The summed E-state index contributed by atoms with van der Waals surface area (Å²) in [6.45, 7) is 5.23. The fourth-order valence-corrected chi connectivity index (χ4v) is 3.50. The summed E-state index contributed by atoms with van der Waals surface area (Å²) in [6.07, 6.45) is 6.40. The third-order valence-electron chi connectivity index (χ3n) is 4.87. The number of hydrogen-bond acceptors (Lipinski definition) is 4. The van der Waals surface area contributed by atoms with Gasteiger partial charge in [-0.2, -0.15) is 5.26 Å². The van der Waals surface area contributed by atoms with Crippen LogP contribution in [-0.4, -0.2) is 28.1 Å². The normalized spacial score (nSPS) is 21.5. The number of hydrogen-bond donors (Lipinski definition) is 1. The molecule has 1 aliphatic rings. The van der Waals surface area contributed by atoms with E-state index in [0.717, 1.165) is 37.9 Å². The number of pyridine rings is 1. The number of nitriles is 1. The first kappa shape index (κ1) is 15.8. The Morgan fingerprint density at radius 3 is 3.00 bits per heavy atom. The van der Waals surface area contributed by atoms with Crippen molar-refractivity contribution in [2.24, 2.45) is 5.92 Å². The van der Waals surface area contributed by atoms with Gasteiger partial charge in [0.05, 0.1) is 6.10 Å². The van der Waals surface area contributed by atoms with Crippen molar-refractivity contribution in [3.63, 3.8) is 0 Å². The zero-order valence-corrected chi connectivity index (χ0v) is 13.8. The van der Waals surface area contributed by atoms with Gasteiger partial charge in [0.25, 0.3) is 0 Å².